The van der Waals surface area contributed by atoms with Crippen LogP contribution in [0.25, 0.3) is 10.9 Å². The highest BCUT2D eigenvalue weighted by Crippen LogP contribution is 2.19. The first-order valence-corrected chi connectivity index (χ1v) is 12.0. The van der Waals surface area contributed by atoms with Gasteiger partial charge in [0.1, 0.15) is 38.8 Å². The fourth-order valence-corrected chi connectivity index (χ4v) is 5.43. The Morgan fingerprint density at radius 1 is 0.788 bits per heavy atom. The Bertz CT molecular complexity index is 1250. The number of hydrogen-bond acceptors (Lipinski definition) is 1. The van der Waals surface area contributed by atoms with E-state index >= 15 is 0 Å². The number of aromatic amines is 1. The number of H-pyrrole nitrogens is 1. The second-order valence-corrected chi connectivity index (χ2v) is 9.39. The molecule has 0 bridgehead atoms. The van der Waals surface area contributed by atoms with Crippen molar-refractivity contribution in [2.24, 2.45) is 0 Å². The maximum Gasteiger partial charge on any atom is 0.198 e. The van der Waals surface area contributed by atoms with Crippen LogP contribution in [0.4, 0.5) is 0 Å². The molecule has 0 unspecified atom stereocenters. The van der Waals surface area contributed by atoms with Crippen molar-refractivity contribution in [1.82, 2.24) is 4.98 Å². The molecule has 1 aliphatic rings. The molecule has 0 aliphatic carbocycles. The van der Waals surface area contributed by atoms with Gasteiger partial charge in [-0.05, 0) is 25.5 Å². The Morgan fingerprint density at radius 2 is 1.39 bits per heavy atom. The molecular weight excluding hydrogens is 406 g/mol. The molecule has 3 N–H and O–H groups in total. The number of piperazine rings is 1. The van der Waals surface area contributed by atoms with Crippen LogP contribution >= 0.6 is 0 Å². The van der Waals surface area contributed by atoms with E-state index in [1.54, 1.807) is 4.90 Å². The van der Waals surface area contributed by atoms with E-state index in [4.69, 9.17) is 0 Å². The lowest BCUT2D eigenvalue weighted by Crippen LogP contribution is -3.27. The molecule has 0 amide bonds. The van der Waals surface area contributed by atoms with Crippen LogP contribution in [-0.4, -0.2) is 31.2 Å². The Morgan fingerprint density at radius 3 is 2.00 bits per heavy atom. The molecule has 0 radical (unpaired) electrons. The van der Waals surface area contributed by atoms with Crippen LogP contribution in [-0.2, 0) is 6.54 Å². The average molecular weight is 440 g/mol. The van der Waals surface area contributed by atoms with Crippen LogP contribution in [0.1, 0.15) is 34.0 Å². The van der Waals surface area contributed by atoms with Gasteiger partial charge in [-0.3, -0.25) is 4.79 Å². The number of benzene rings is 3. The van der Waals surface area contributed by atoms with Gasteiger partial charge >= 0.3 is 0 Å². The van der Waals surface area contributed by atoms with Crippen molar-refractivity contribution >= 4 is 10.9 Å². The number of aromatic nitrogens is 1. The Hall–Kier alpha value is -3.21. The predicted molar refractivity (Wildman–Crippen MR) is 134 cm³/mol. The number of quaternary nitrogens is 2. The minimum Gasteiger partial charge on any atom is -0.358 e. The first kappa shape index (κ1) is 21.6. The molecule has 0 saturated carbocycles. The van der Waals surface area contributed by atoms with Gasteiger partial charge in [-0.1, -0.05) is 72.8 Å². The van der Waals surface area contributed by atoms with Gasteiger partial charge in [0.25, 0.3) is 0 Å². The summed E-state index contributed by atoms with van der Waals surface area (Å²) in [4.78, 5) is 19.9. The largest absolute Gasteiger partial charge is 0.358 e. The molecule has 3 aromatic carbocycles. The Kier molecular flexibility index (Phi) is 6.12. The highest BCUT2D eigenvalue weighted by Gasteiger charge is 2.32. The van der Waals surface area contributed by atoms with Crippen LogP contribution in [0.5, 0.6) is 0 Å². The third-order valence-corrected chi connectivity index (χ3v) is 7.26. The highest BCUT2D eigenvalue weighted by molar-refractivity contribution is 5.82. The Labute approximate surface area is 195 Å². The Balaban J connectivity index is 1.35. The number of pyridine rings is 1. The number of fused-ring (bicyclic) bond motifs is 1. The van der Waals surface area contributed by atoms with Crippen molar-refractivity contribution in [2.75, 3.05) is 26.2 Å². The summed E-state index contributed by atoms with van der Waals surface area (Å²) in [6.07, 6.45) is 0. The molecule has 5 rings (SSSR count). The van der Waals surface area contributed by atoms with Gasteiger partial charge in [-0.2, -0.15) is 0 Å². The van der Waals surface area contributed by atoms with Gasteiger partial charge in [0.05, 0.1) is 11.1 Å². The van der Waals surface area contributed by atoms with Gasteiger partial charge in [-0.15, -0.1) is 0 Å². The molecule has 2 heterocycles. The summed E-state index contributed by atoms with van der Waals surface area (Å²) in [5.74, 6) is 0. The second kappa shape index (κ2) is 9.34. The minimum atomic E-state index is 0.193. The second-order valence-electron chi connectivity index (χ2n) is 9.39. The van der Waals surface area contributed by atoms with Crippen LogP contribution < -0.4 is 15.2 Å². The van der Waals surface area contributed by atoms with E-state index in [1.807, 2.05) is 19.1 Å². The fourth-order valence-electron chi connectivity index (χ4n) is 5.43. The van der Waals surface area contributed by atoms with E-state index < -0.39 is 0 Å². The van der Waals surface area contributed by atoms with E-state index in [2.05, 4.69) is 78.6 Å². The maximum absolute atomic E-state index is 13.3. The van der Waals surface area contributed by atoms with Crippen LogP contribution in [0, 0.1) is 13.8 Å². The molecular formula is C29H33N3O+2. The molecule has 0 atom stereocenters. The monoisotopic (exact) mass is 439 g/mol. The van der Waals surface area contributed by atoms with Crippen molar-refractivity contribution in [3.05, 3.63) is 117 Å². The smallest absolute Gasteiger partial charge is 0.198 e. The zero-order valence-electron chi connectivity index (χ0n) is 19.5. The van der Waals surface area contributed by atoms with Gasteiger partial charge in [0, 0.05) is 22.2 Å². The van der Waals surface area contributed by atoms with Gasteiger partial charge in [0.15, 0.2) is 5.43 Å². The highest BCUT2D eigenvalue weighted by atomic mass is 16.1. The number of aryl methyl sites for hydroxylation is 2. The molecule has 168 valence electrons. The quantitative estimate of drug-likeness (QED) is 0.439. The molecule has 1 aromatic heterocycles. The van der Waals surface area contributed by atoms with Gasteiger partial charge < -0.3 is 14.8 Å². The molecule has 4 nitrogen and oxygen atoms in total. The standard InChI is InChI=1S/C29H31N3O/c1-21-10-9-15-25-27(21)30-22(2)26(29(25)33)20-31-16-18-32(19-17-31)28(23-11-5-3-6-12-23)24-13-7-4-8-14-24/h3-15,28H,16-20H2,1-2H3,(H,30,33)/p+2. The summed E-state index contributed by atoms with van der Waals surface area (Å²) in [6, 6.07) is 28.1. The summed E-state index contributed by atoms with van der Waals surface area (Å²) in [6.45, 7) is 9.21. The maximum atomic E-state index is 13.3. The normalized spacial score (nSPS) is 18.6. The number of hydrogen-bond donors (Lipinski definition) is 3. The van der Waals surface area contributed by atoms with Crippen LogP contribution in [0.3, 0.4) is 0 Å². The van der Waals surface area contributed by atoms with Crippen LogP contribution in [0.2, 0.25) is 0 Å². The van der Waals surface area contributed by atoms with Crippen molar-refractivity contribution in [3.8, 4) is 0 Å². The lowest BCUT2D eigenvalue weighted by atomic mass is 9.96. The number of rotatable bonds is 5. The fraction of sp³-hybridized carbons (Fsp3) is 0.276. The SMILES string of the molecule is Cc1[nH]c2c(C)cccc2c(=O)c1C[NH+]1CC[NH+](C(c2ccccc2)c2ccccc2)CC1. The first-order valence-electron chi connectivity index (χ1n) is 12.0. The van der Waals surface area contributed by atoms with Gasteiger partial charge in [-0.25, -0.2) is 0 Å². The van der Waals surface area contributed by atoms with Crippen molar-refractivity contribution in [1.29, 1.82) is 0 Å². The molecule has 4 aromatic rings. The first-order chi connectivity index (χ1) is 16.1. The average Bonchev–Trinajstić information content (AvgIpc) is 2.85. The molecule has 33 heavy (non-hydrogen) atoms. The van der Waals surface area contributed by atoms with E-state index in [1.165, 1.54) is 16.0 Å². The van der Waals surface area contributed by atoms with Gasteiger partial charge in [0.2, 0.25) is 0 Å². The molecule has 1 saturated heterocycles. The van der Waals surface area contributed by atoms with E-state index in [0.29, 0.717) is 6.04 Å². The summed E-state index contributed by atoms with van der Waals surface area (Å²) < 4.78 is 0. The predicted octanol–water partition coefficient (Wildman–Crippen LogP) is 2.22. The summed E-state index contributed by atoms with van der Waals surface area (Å²) in [5, 5.41) is 0.812. The number of nitrogens with one attached hydrogen (secondary N) is 3. The minimum absolute atomic E-state index is 0.193. The molecule has 4 heteroatoms. The third kappa shape index (κ3) is 4.37. The zero-order valence-corrected chi connectivity index (χ0v) is 19.5. The van der Waals surface area contributed by atoms with Crippen molar-refractivity contribution in [3.63, 3.8) is 0 Å². The van der Waals surface area contributed by atoms with E-state index in [-0.39, 0.29) is 5.43 Å². The van der Waals surface area contributed by atoms with E-state index in [9.17, 15) is 4.79 Å². The molecule has 1 fully saturated rings. The molecule has 1 aliphatic heterocycles. The van der Waals surface area contributed by atoms with E-state index in [0.717, 1.165) is 60.4 Å². The van der Waals surface area contributed by atoms with Crippen molar-refractivity contribution in [2.45, 2.75) is 26.4 Å². The summed E-state index contributed by atoms with van der Waals surface area (Å²) in [7, 11) is 0. The number of para-hydroxylation sites is 1. The third-order valence-electron chi connectivity index (χ3n) is 7.26. The summed E-state index contributed by atoms with van der Waals surface area (Å²) in [5.41, 5.74) is 6.99. The zero-order chi connectivity index (χ0) is 22.8. The topological polar surface area (TPSA) is 41.7 Å². The lowest BCUT2D eigenvalue weighted by Gasteiger charge is -2.35. The molecule has 0 spiro atoms. The lowest BCUT2D eigenvalue weighted by molar-refractivity contribution is -1.03. The summed E-state index contributed by atoms with van der Waals surface area (Å²) >= 11 is 0. The van der Waals surface area contributed by atoms with Crippen molar-refractivity contribution < 1.29 is 9.80 Å². The van der Waals surface area contributed by atoms with Crippen LogP contribution in [0.15, 0.2) is 83.7 Å².